The summed E-state index contributed by atoms with van der Waals surface area (Å²) in [5.41, 5.74) is 3.38. The quantitative estimate of drug-likeness (QED) is 0.257. The zero-order chi connectivity index (χ0) is 19.3. The molecule has 0 unspecified atom stereocenters. The number of Topliss-reactive ketones (excluding diaryl/α,β-unsaturated/α-hetero) is 1. The number of hydrogen-bond acceptors (Lipinski definition) is 4. The van der Waals surface area contributed by atoms with E-state index in [4.69, 9.17) is 4.74 Å². The minimum absolute atomic E-state index is 0.0667. The number of carbonyl (C=O) groups excluding carboxylic acids is 2. The molecule has 26 heavy (non-hydrogen) atoms. The highest BCUT2D eigenvalue weighted by molar-refractivity contribution is 5.99. The van der Waals surface area contributed by atoms with Crippen molar-refractivity contribution in [3.8, 4) is 11.8 Å². The van der Waals surface area contributed by atoms with Crippen LogP contribution in [0.3, 0.4) is 0 Å². The molecule has 0 saturated carbocycles. The Kier molecular flexibility index (Phi) is 6.13. The molecular formula is C21H22N2O3. The maximum Gasteiger partial charge on any atom is 0.354 e. The van der Waals surface area contributed by atoms with E-state index < -0.39 is 5.97 Å². The topological polar surface area (TPSA) is 72.1 Å². The van der Waals surface area contributed by atoms with E-state index in [-0.39, 0.29) is 17.1 Å². The van der Waals surface area contributed by atoms with E-state index in [0.717, 1.165) is 29.9 Å². The Balaban J connectivity index is 2.23. The maximum absolute atomic E-state index is 12.3. The molecular weight excluding hydrogens is 328 g/mol. The number of nitriles is 1. The first-order valence-corrected chi connectivity index (χ1v) is 8.49. The summed E-state index contributed by atoms with van der Waals surface area (Å²) in [6, 6.07) is 10.1. The largest absolute Gasteiger partial charge is 0.422 e. The van der Waals surface area contributed by atoms with Crippen LogP contribution in [0.25, 0.3) is 6.08 Å². The summed E-state index contributed by atoms with van der Waals surface area (Å²) in [7, 11) is 0. The molecule has 1 heterocycles. The number of hydrogen-bond donors (Lipinski definition) is 0. The molecule has 0 atom stereocenters. The normalized spacial score (nSPS) is 11.1. The third-order valence-electron chi connectivity index (χ3n) is 4.17. The predicted octanol–water partition coefficient (Wildman–Crippen LogP) is 4.23. The highest BCUT2D eigenvalue weighted by Gasteiger charge is 2.15. The average molecular weight is 350 g/mol. The Morgan fingerprint density at radius 1 is 1.23 bits per heavy atom. The number of rotatable bonds is 6. The van der Waals surface area contributed by atoms with Crippen molar-refractivity contribution in [3.05, 3.63) is 58.4 Å². The second-order valence-corrected chi connectivity index (χ2v) is 6.12. The Labute approximate surface area is 153 Å². The number of aromatic nitrogens is 1. The van der Waals surface area contributed by atoms with Gasteiger partial charge in [-0.2, -0.15) is 5.26 Å². The number of aryl methyl sites for hydroxylation is 1. The van der Waals surface area contributed by atoms with Crippen molar-refractivity contribution < 1.29 is 14.3 Å². The van der Waals surface area contributed by atoms with Crippen molar-refractivity contribution in [2.75, 3.05) is 0 Å². The lowest BCUT2D eigenvalue weighted by Crippen LogP contribution is -2.10. The van der Waals surface area contributed by atoms with Crippen LogP contribution in [0.15, 0.2) is 35.9 Å². The molecule has 0 radical (unpaired) electrons. The summed E-state index contributed by atoms with van der Waals surface area (Å²) in [4.78, 5) is 23.6. The van der Waals surface area contributed by atoms with Crippen LogP contribution < -0.4 is 4.74 Å². The maximum atomic E-state index is 12.3. The third-order valence-corrected chi connectivity index (χ3v) is 4.17. The van der Waals surface area contributed by atoms with Gasteiger partial charge in [0.15, 0.2) is 5.78 Å². The van der Waals surface area contributed by atoms with Gasteiger partial charge in [0, 0.05) is 23.5 Å². The lowest BCUT2D eigenvalue weighted by atomic mass is 10.1. The highest BCUT2D eigenvalue weighted by Crippen LogP contribution is 2.20. The fraction of sp³-hybridized carbons (Fsp3) is 0.286. The Bertz CT molecular complexity index is 897. The SMILES string of the molecule is CCCn1c(C)cc(/C=C(/C#N)C(=O)Oc2ccc(C(C)=O)cc2)c1C. The molecule has 2 rings (SSSR count). The average Bonchev–Trinajstić information content (AvgIpc) is 2.87. The number of benzene rings is 1. The van der Waals surface area contributed by atoms with Gasteiger partial charge in [0.2, 0.25) is 0 Å². The van der Waals surface area contributed by atoms with Crippen LogP contribution >= 0.6 is 0 Å². The van der Waals surface area contributed by atoms with Gasteiger partial charge in [-0.05, 0) is 69.2 Å². The summed E-state index contributed by atoms with van der Waals surface area (Å²) in [6.07, 6.45) is 2.56. The number of nitrogens with zero attached hydrogens (tertiary/aromatic N) is 2. The molecule has 5 heteroatoms. The van der Waals surface area contributed by atoms with E-state index in [2.05, 4.69) is 11.5 Å². The number of ketones is 1. The molecule has 0 spiro atoms. The number of ether oxygens (including phenoxy) is 1. The smallest absolute Gasteiger partial charge is 0.354 e. The molecule has 0 aliphatic heterocycles. The minimum Gasteiger partial charge on any atom is -0.422 e. The second kappa shape index (κ2) is 8.30. The van der Waals surface area contributed by atoms with Crippen molar-refractivity contribution in [1.82, 2.24) is 4.57 Å². The van der Waals surface area contributed by atoms with Gasteiger partial charge in [0.1, 0.15) is 17.4 Å². The van der Waals surface area contributed by atoms with Gasteiger partial charge in [-0.3, -0.25) is 4.79 Å². The summed E-state index contributed by atoms with van der Waals surface area (Å²) < 4.78 is 7.41. The van der Waals surface area contributed by atoms with Crippen LogP contribution in [-0.4, -0.2) is 16.3 Å². The first kappa shape index (κ1) is 19.2. The third kappa shape index (κ3) is 4.28. The molecule has 0 aliphatic rings. The Hall–Kier alpha value is -3.13. The summed E-state index contributed by atoms with van der Waals surface area (Å²) in [5.74, 6) is -0.496. The van der Waals surface area contributed by atoms with Crippen molar-refractivity contribution in [2.24, 2.45) is 0 Å². The molecule has 0 saturated heterocycles. The number of esters is 1. The van der Waals surface area contributed by atoms with Crippen LogP contribution in [-0.2, 0) is 11.3 Å². The monoisotopic (exact) mass is 350 g/mol. The fourth-order valence-electron chi connectivity index (χ4n) is 2.75. The predicted molar refractivity (Wildman–Crippen MR) is 99.9 cm³/mol. The molecule has 0 amide bonds. The Morgan fingerprint density at radius 3 is 2.42 bits per heavy atom. The van der Waals surface area contributed by atoms with Crippen molar-refractivity contribution in [3.63, 3.8) is 0 Å². The zero-order valence-electron chi connectivity index (χ0n) is 15.5. The van der Waals surface area contributed by atoms with Gasteiger partial charge in [-0.15, -0.1) is 0 Å². The minimum atomic E-state index is -0.719. The molecule has 5 nitrogen and oxygen atoms in total. The first-order chi connectivity index (χ1) is 12.4. The van der Waals surface area contributed by atoms with Gasteiger partial charge in [-0.1, -0.05) is 6.92 Å². The van der Waals surface area contributed by atoms with Crippen LogP contribution in [0.4, 0.5) is 0 Å². The Morgan fingerprint density at radius 2 is 1.88 bits per heavy atom. The van der Waals surface area contributed by atoms with E-state index in [1.807, 2.05) is 26.0 Å². The van der Waals surface area contributed by atoms with Crippen LogP contribution in [0, 0.1) is 25.2 Å². The van der Waals surface area contributed by atoms with Gasteiger partial charge in [0.05, 0.1) is 0 Å². The zero-order valence-corrected chi connectivity index (χ0v) is 15.5. The highest BCUT2D eigenvalue weighted by atomic mass is 16.5. The molecule has 0 fully saturated rings. The summed E-state index contributed by atoms with van der Waals surface area (Å²) in [5, 5.41) is 9.35. The van der Waals surface area contributed by atoms with E-state index >= 15 is 0 Å². The molecule has 0 aliphatic carbocycles. The summed E-state index contributed by atoms with van der Waals surface area (Å²) in [6.45, 7) is 8.42. The van der Waals surface area contributed by atoms with E-state index in [0.29, 0.717) is 5.56 Å². The lowest BCUT2D eigenvalue weighted by Gasteiger charge is -2.07. The molecule has 1 aromatic carbocycles. The van der Waals surface area contributed by atoms with Gasteiger partial charge in [-0.25, -0.2) is 4.79 Å². The molecule has 1 aromatic heterocycles. The molecule has 2 aromatic rings. The van der Waals surface area contributed by atoms with Gasteiger partial charge < -0.3 is 9.30 Å². The van der Waals surface area contributed by atoms with Crippen LogP contribution in [0.1, 0.15) is 47.6 Å². The van der Waals surface area contributed by atoms with Gasteiger partial charge >= 0.3 is 5.97 Å². The van der Waals surface area contributed by atoms with E-state index in [9.17, 15) is 14.9 Å². The standard InChI is InChI=1S/C21H22N2O3/c1-5-10-23-14(2)11-18(15(23)3)12-19(13-22)21(25)26-20-8-6-17(7-9-20)16(4)24/h6-9,11-12H,5,10H2,1-4H3/b19-12-. The van der Waals surface area contributed by atoms with Crippen molar-refractivity contribution in [2.45, 2.75) is 40.7 Å². The van der Waals surface area contributed by atoms with E-state index in [1.54, 1.807) is 18.2 Å². The van der Waals surface area contributed by atoms with Crippen LogP contribution in [0.5, 0.6) is 5.75 Å². The second-order valence-electron chi connectivity index (χ2n) is 6.12. The van der Waals surface area contributed by atoms with Gasteiger partial charge in [0.25, 0.3) is 0 Å². The molecule has 0 N–H and O–H groups in total. The van der Waals surface area contributed by atoms with Crippen molar-refractivity contribution >= 4 is 17.8 Å². The van der Waals surface area contributed by atoms with Crippen molar-refractivity contribution in [1.29, 1.82) is 5.26 Å². The number of carbonyl (C=O) groups is 2. The molecule has 0 bridgehead atoms. The van der Waals surface area contributed by atoms with E-state index in [1.165, 1.54) is 19.1 Å². The van der Waals surface area contributed by atoms with Crippen LogP contribution in [0.2, 0.25) is 0 Å². The fourth-order valence-corrected chi connectivity index (χ4v) is 2.75. The molecule has 134 valence electrons. The lowest BCUT2D eigenvalue weighted by molar-refractivity contribution is -0.129. The first-order valence-electron chi connectivity index (χ1n) is 8.49. The summed E-state index contributed by atoms with van der Waals surface area (Å²) >= 11 is 0.